The molecule has 1 saturated carbocycles. The predicted molar refractivity (Wildman–Crippen MR) is 71.9 cm³/mol. The van der Waals surface area contributed by atoms with E-state index in [1.54, 1.807) is 0 Å². The Balaban J connectivity index is 1.52. The lowest BCUT2D eigenvalue weighted by Crippen LogP contribution is -2.44. The molecule has 0 aromatic carbocycles. The van der Waals surface area contributed by atoms with Crippen LogP contribution in [0.5, 0.6) is 0 Å². The van der Waals surface area contributed by atoms with Crippen LogP contribution in [0, 0.1) is 11.3 Å². The van der Waals surface area contributed by atoms with Gasteiger partial charge in [-0.15, -0.1) is 0 Å². The van der Waals surface area contributed by atoms with E-state index in [0.717, 1.165) is 18.5 Å². The minimum atomic E-state index is 0.411. The SMILES string of the molecule is CC1([C@H]2C[C@@H]2NC2CCCNC2)C=CC=CC1. The van der Waals surface area contributed by atoms with Crippen LogP contribution in [-0.4, -0.2) is 25.2 Å². The Morgan fingerprint density at radius 1 is 1.35 bits per heavy atom. The highest BCUT2D eigenvalue weighted by Crippen LogP contribution is 2.50. The van der Waals surface area contributed by atoms with E-state index in [-0.39, 0.29) is 0 Å². The monoisotopic (exact) mass is 232 g/mol. The first-order valence-corrected chi connectivity index (χ1v) is 7.09. The fraction of sp³-hybridized carbons (Fsp3) is 0.733. The van der Waals surface area contributed by atoms with Crippen molar-refractivity contribution in [2.75, 3.05) is 13.1 Å². The lowest BCUT2D eigenvalue weighted by molar-refractivity contribution is 0.324. The van der Waals surface area contributed by atoms with Crippen LogP contribution in [0.4, 0.5) is 0 Å². The maximum absolute atomic E-state index is 3.84. The third kappa shape index (κ3) is 2.48. The van der Waals surface area contributed by atoms with Gasteiger partial charge in [0.25, 0.3) is 0 Å². The molecule has 17 heavy (non-hydrogen) atoms. The van der Waals surface area contributed by atoms with E-state index < -0.39 is 0 Å². The van der Waals surface area contributed by atoms with E-state index in [2.05, 4.69) is 41.9 Å². The van der Waals surface area contributed by atoms with Gasteiger partial charge in [-0.1, -0.05) is 31.2 Å². The first-order chi connectivity index (χ1) is 8.28. The molecule has 1 heterocycles. The molecule has 1 saturated heterocycles. The second kappa shape index (κ2) is 4.58. The van der Waals surface area contributed by atoms with Gasteiger partial charge in [-0.25, -0.2) is 0 Å². The predicted octanol–water partition coefficient (Wildman–Crippen LogP) is 2.24. The zero-order valence-electron chi connectivity index (χ0n) is 10.8. The van der Waals surface area contributed by atoms with Gasteiger partial charge in [0.1, 0.15) is 0 Å². The molecule has 0 amide bonds. The fourth-order valence-corrected chi connectivity index (χ4v) is 3.42. The van der Waals surface area contributed by atoms with Gasteiger partial charge in [0.05, 0.1) is 0 Å². The Labute approximate surface area is 105 Å². The van der Waals surface area contributed by atoms with Crippen molar-refractivity contribution in [3.8, 4) is 0 Å². The molecule has 2 unspecified atom stereocenters. The van der Waals surface area contributed by atoms with Gasteiger partial charge in [0, 0.05) is 18.6 Å². The molecular weight excluding hydrogens is 208 g/mol. The van der Waals surface area contributed by atoms with Crippen LogP contribution >= 0.6 is 0 Å². The molecule has 0 spiro atoms. The maximum Gasteiger partial charge on any atom is 0.0195 e. The molecule has 2 fully saturated rings. The molecule has 3 rings (SSSR count). The highest BCUT2D eigenvalue weighted by molar-refractivity contribution is 5.21. The smallest absolute Gasteiger partial charge is 0.0195 e. The molecule has 1 aliphatic heterocycles. The Bertz CT molecular complexity index is 328. The lowest BCUT2D eigenvalue weighted by atomic mass is 9.79. The summed E-state index contributed by atoms with van der Waals surface area (Å²) in [6, 6.07) is 1.48. The minimum Gasteiger partial charge on any atom is -0.315 e. The zero-order chi connectivity index (χ0) is 11.7. The molecule has 2 heteroatoms. The highest BCUT2D eigenvalue weighted by Gasteiger charge is 2.48. The van der Waals surface area contributed by atoms with Crippen molar-refractivity contribution < 1.29 is 0 Å². The average Bonchev–Trinajstić information content (AvgIpc) is 3.11. The lowest BCUT2D eigenvalue weighted by Gasteiger charge is -2.29. The summed E-state index contributed by atoms with van der Waals surface area (Å²) in [5.74, 6) is 0.852. The number of nitrogens with one attached hydrogen (secondary N) is 2. The van der Waals surface area contributed by atoms with Crippen molar-refractivity contribution in [2.24, 2.45) is 11.3 Å². The normalized spacial score (nSPS) is 44.9. The number of hydrogen-bond donors (Lipinski definition) is 2. The molecule has 0 aromatic heterocycles. The standard InChI is InChI=1S/C15H24N2/c1-15(7-3-2-4-8-15)13-10-14(13)17-12-6-5-9-16-11-12/h2-4,7,12-14,16-17H,5-6,8-11H2,1H3/t12?,13-,14-,15?/m0/s1. The second-order valence-electron chi connectivity index (χ2n) is 6.16. The van der Waals surface area contributed by atoms with Crippen LogP contribution < -0.4 is 10.6 Å². The van der Waals surface area contributed by atoms with Gasteiger partial charge in [-0.2, -0.15) is 0 Å². The minimum absolute atomic E-state index is 0.411. The summed E-state index contributed by atoms with van der Waals surface area (Å²) in [7, 11) is 0. The van der Waals surface area contributed by atoms with Crippen LogP contribution in [-0.2, 0) is 0 Å². The Kier molecular flexibility index (Phi) is 3.10. The van der Waals surface area contributed by atoms with E-state index >= 15 is 0 Å². The summed E-state index contributed by atoms with van der Waals surface area (Å²) in [5.41, 5.74) is 0.411. The molecule has 4 atom stereocenters. The summed E-state index contributed by atoms with van der Waals surface area (Å²) in [6.45, 7) is 4.78. The molecular formula is C15H24N2. The van der Waals surface area contributed by atoms with Gasteiger partial charge < -0.3 is 10.6 Å². The van der Waals surface area contributed by atoms with Gasteiger partial charge in [0.2, 0.25) is 0 Å². The van der Waals surface area contributed by atoms with Gasteiger partial charge in [-0.05, 0) is 43.6 Å². The summed E-state index contributed by atoms with van der Waals surface area (Å²) in [6.07, 6.45) is 14.4. The molecule has 2 nitrogen and oxygen atoms in total. The first kappa shape index (κ1) is 11.5. The average molecular weight is 232 g/mol. The molecule has 0 radical (unpaired) electrons. The molecule has 0 aromatic rings. The van der Waals surface area contributed by atoms with Crippen LogP contribution in [0.1, 0.15) is 32.6 Å². The topological polar surface area (TPSA) is 24.1 Å². The quantitative estimate of drug-likeness (QED) is 0.780. The van der Waals surface area contributed by atoms with Crippen molar-refractivity contribution in [3.63, 3.8) is 0 Å². The van der Waals surface area contributed by atoms with Crippen molar-refractivity contribution in [2.45, 2.75) is 44.7 Å². The van der Waals surface area contributed by atoms with Crippen LogP contribution in [0.15, 0.2) is 24.3 Å². The summed E-state index contributed by atoms with van der Waals surface area (Å²) < 4.78 is 0. The molecule has 2 N–H and O–H groups in total. The van der Waals surface area contributed by atoms with Crippen LogP contribution in [0.25, 0.3) is 0 Å². The van der Waals surface area contributed by atoms with Gasteiger partial charge >= 0.3 is 0 Å². The third-order valence-electron chi connectivity index (χ3n) is 4.67. The Morgan fingerprint density at radius 3 is 3.00 bits per heavy atom. The number of rotatable bonds is 3. The van der Waals surface area contributed by atoms with Crippen LogP contribution in [0.3, 0.4) is 0 Å². The van der Waals surface area contributed by atoms with Gasteiger partial charge in [0.15, 0.2) is 0 Å². The van der Waals surface area contributed by atoms with Gasteiger partial charge in [-0.3, -0.25) is 0 Å². The second-order valence-corrected chi connectivity index (χ2v) is 6.16. The van der Waals surface area contributed by atoms with E-state index in [4.69, 9.17) is 0 Å². The molecule has 3 aliphatic rings. The largest absolute Gasteiger partial charge is 0.315 e. The van der Waals surface area contributed by atoms with Crippen molar-refractivity contribution >= 4 is 0 Å². The third-order valence-corrected chi connectivity index (χ3v) is 4.67. The van der Waals surface area contributed by atoms with E-state index in [9.17, 15) is 0 Å². The Hall–Kier alpha value is -0.600. The van der Waals surface area contributed by atoms with Crippen LogP contribution in [0.2, 0.25) is 0 Å². The van der Waals surface area contributed by atoms with E-state index in [1.807, 2.05) is 0 Å². The maximum atomic E-state index is 3.84. The Morgan fingerprint density at radius 2 is 2.29 bits per heavy atom. The van der Waals surface area contributed by atoms with Crippen molar-refractivity contribution in [1.82, 2.24) is 10.6 Å². The zero-order valence-corrected chi connectivity index (χ0v) is 10.8. The number of allylic oxidation sites excluding steroid dienone is 4. The molecule has 0 bridgehead atoms. The number of hydrogen-bond acceptors (Lipinski definition) is 2. The first-order valence-electron chi connectivity index (χ1n) is 7.09. The molecule has 94 valence electrons. The summed E-state index contributed by atoms with van der Waals surface area (Å²) >= 11 is 0. The van der Waals surface area contributed by atoms with Crippen molar-refractivity contribution in [1.29, 1.82) is 0 Å². The summed E-state index contributed by atoms with van der Waals surface area (Å²) in [4.78, 5) is 0. The summed E-state index contributed by atoms with van der Waals surface area (Å²) in [5, 5.41) is 7.33. The molecule has 2 aliphatic carbocycles. The highest BCUT2D eigenvalue weighted by atomic mass is 15.1. The fourth-order valence-electron chi connectivity index (χ4n) is 3.42. The van der Waals surface area contributed by atoms with Crippen molar-refractivity contribution in [3.05, 3.63) is 24.3 Å². The number of piperidine rings is 1. The van der Waals surface area contributed by atoms with E-state index in [0.29, 0.717) is 11.5 Å². The van der Waals surface area contributed by atoms with E-state index in [1.165, 1.54) is 32.2 Å².